The van der Waals surface area contributed by atoms with E-state index in [4.69, 9.17) is 4.42 Å². The monoisotopic (exact) mass is 175 g/mol. The summed E-state index contributed by atoms with van der Waals surface area (Å²) in [6.45, 7) is 0.876. The van der Waals surface area contributed by atoms with Gasteiger partial charge in [0.2, 0.25) is 0 Å². The van der Waals surface area contributed by atoms with Crippen LogP contribution in [-0.4, -0.2) is 13.0 Å². The van der Waals surface area contributed by atoms with Crippen LogP contribution in [-0.2, 0) is 0 Å². The molecule has 0 saturated carbocycles. The second-order valence-corrected chi connectivity index (χ2v) is 2.73. The maximum Gasteiger partial charge on any atom is 0.264 e. The maximum atomic E-state index is 12.8. The van der Waals surface area contributed by atoms with E-state index in [1.54, 1.807) is 0 Å². The highest BCUT2D eigenvalue weighted by Crippen LogP contribution is 2.30. The molecule has 1 N–H and O–H groups in total. The lowest BCUT2D eigenvalue weighted by molar-refractivity contribution is -0.0171. The Balaban J connectivity index is 2.84. The van der Waals surface area contributed by atoms with Crippen molar-refractivity contribution in [2.45, 2.75) is 18.9 Å². The predicted octanol–water partition coefficient (Wildman–Crippen LogP) is 2.20. The summed E-state index contributed by atoms with van der Waals surface area (Å²) in [7, 11) is 1.50. The van der Waals surface area contributed by atoms with Crippen molar-refractivity contribution in [3.8, 4) is 0 Å². The maximum absolute atomic E-state index is 12.8. The van der Waals surface area contributed by atoms with Gasteiger partial charge in [-0.1, -0.05) is 0 Å². The van der Waals surface area contributed by atoms with E-state index in [1.807, 2.05) is 0 Å². The molecule has 0 aliphatic rings. The Hall–Kier alpha value is -0.900. The third-order valence-corrected chi connectivity index (χ3v) is 1.67. The Kier molecular flexibility index (Phi) is 2.47. The first-order valence-corrected chi connectivity index (χ1v) is 3.63. The van der Waals surface area contributed by atoms with Gasteiger partial charge in [-0.15, -0.1) is 0 Å². The fraction of sp³-hybridized carbons (Fsp3) is 0.500. The molecule has 0 amide bonds. The van der Waals surface area contributed by atoms with Crippen LogP contribution < -0.4 is 5.32 Å². The van der Waals surface area contributed by atoms with Gasteiger partial charge in [0.05, 0.1) is 18.6 Å². The van der Waals surface area contributed by atoms with E-state index in [0.29, 0.717) is 5.56 Å². The summed E-state index contributed by atoms with van der Waals surface area (Å²) in [6.07, 6.45) is 2.70. The average Bonchev–Trinajstić information content (AvgIpc) is 2.38. The molecule has 4 heteroatoms. The van der Waals surface area contributed by atoms with Crippen molar-refractivity contribution in [1.29, 1.82) is 0 Å². The van der Waals surface area contributed by atoms with E-state index in [2.05, 4.69) is 5.32 Å². The molecule has 0 fully saturated rings. The summed E-state index contributed by atoms with van der Waals surface area (Å²) in [5, 5.41) is 2.53. The first-order chi connectivity index (χ1) is 5.55. The van der Waals surface area contributed by atoms with Crippen LogP contribution in [0.5, 0.6) is 0 Å². The Morgan fingerprint density at radius 1 is 1.58 bits per heavy atom. The smallest absolute Gasteiger partial charge is 0.264 e. The fourth-order valence-electron chi connectivity index (χ4n) is 1.15. The van der Waals surface area contributed by atoms with Crippen LogP contribution in [0.3, 0.4) is 0 Å². The van der Waals surface area contributed by atoms with Crippen molar-refractivity contribution in [3.63, 3.8) is 0 Å². The van der Waals surface area contributed by atoms with Gasteiger partial charge in [-0.25, -0.2) is 8.78 Å². The van der Waals surface area contributed by atoms with E-state index in [1.165, 1.54) is 25.6 Å². The van der Waals surface area contributed by atoms with Crippen molar-refractivity contribution in [3.05, 3.63) is 24.2 Å². The minimum atomic E-state index is -2.78. The van der Waals surface area contributed by atoms with Crippen LogP contribution in [0.1, 0.15) is 18.5 Å². The lowest BCUT2D eigenvalue weighted by atomic mass is 10.1. The van der Waals surface area contributed by atoms with Gasteiger partial charge in [0.1, 0.15) is 0 Å². The molecule has 1 unspecified atom stereocenters. The van der Waals surface area contributed by atoms with Crippen molar-refractivity contribution in [1.82, 2.24) is 5.32 Å². The molecule has 0 aliphatic heterocycles. The zero-order valence-corrected chi connectivity index (χ0v) is 6.97. The van der Waals surface area contributed by atoms with Crippen LogP contribution in [0.4, 0.5) is 8.78 Å². The first kappa shape index (κ1) is 9.19. The average molecular weight is 175 g/mol. The van der Waals surface area contributed by atoms with Crippen molar-refractivity contribution in [2.75, 3.05) is 7.05 Å². The second kappa shape index (κ2) is 3.23. The summed E-state index contributed by atoms with van der Waals surface area (Å²) in [4.78, 5) is 0. The molecular formula is C8H11F2NO. The van der Waals surface area contributed by atoms with Gasteiger partial charge in [-0.05, 0) is 13.1 Å². The van der Waals surface area contributed by atoms with Crippen molar-refractivity contribution < 1.29 is 13.2 Å². The van der Waals surface area contributed by atoms with Crippen LogP contribution in [0.2, 0.25) is 0 Å². The lowest BCUT2D eigenvalue weighted by Gasteiger charge is -2.21. The van der Waals surface area contributed by atoms with E-state index in [9.17, 15) is 8.78 Å². The number of halogens is 2. The topological polar surface area (TPSA) is 25.2 Å². The molecule has 0 spiro atoms. The van der Waals surface area contributed by atoms with Gasteiger partial charge in [-0.3, -0.25) is 0 Å². The molecule has 0 saturated heterocycles. The number of rotatable bonds is 3. The number of furan rings is 1. The summed E-state index contributed by atoms with van der Waals surface area (Å²) in [6, 6.07) is 0.551. The molecule has 1 aromatic heterocycles. The molecule has 1 atom stereocenters. The molecule has 0 bridgehead atoms. The standard InChI is InChI=1S/C8H11F2NO/c1-8(9,10)7(11-2)6-3-4-12-5-6/h3-5,7,11H,1-2H3. The van der Waals surface area contributed by atoms with Gasteiger partial charge < -0.3 is 9.73 Å². The quantitative estimate of drug-likeness (QED) is 0.761. The zero-order valence-electron chi connectivity index (χ0n) is 6.97. The highest BCUT2D eigenvalue weighted by Gasteiger charge is 2.34. The van der Waals surface area contributed by atoms with E-state index < -0.39 is 12.0 Å². The molecule has 12 heavy (non-hydrogen) atoms. The molecule has 1 aromatic rings. The van der Waals surface area contributed by atoms with E-state index in [-0.39, 0.29) is 0 Å². The molecule has 0 radical (unpaired) electrons. The summed E-state index contributed by atoms with van der Waals surface area (Å²) in [5.41, 5.74) is 0.463. The molecule has 68 valence electrons. The van der Waals surface area contributed by atoms with Crippen LogP contribution in [0.25, 0.3) is 0 Å². The van der Waals surface area contributed by atoms with E-state index in [0.717, 1.165) is 6.92 Å². The lowest BCUT2D eigenvalue weighted by Crippen LogP contribution is -2.32. The van der Waals surface area contributed by atoms with Gasteiger partial charge >= 0.3 is 0 Å². The third-order valence-electron chi connectivity index (χ3n) is 1.67. The molecule has 1 heterocycles. The number of alkyl halides is 2. The highest BCUT2D eigenvalue weighted by molar-refractivity contribution is 5.14. The van der Waals surface area contributed by atoms with Crippen LogP contribution >= 0.6 is 0 Å². The van der Waals surface area contributed by atoms with Crippen molar-refractivity contribution in [2.24, 2.45) is 0 Å². The summed E-state index contributed by atoms with van der Waals surface area (Å²) >= 11 is 0. The van der Waals surface area contributed by atoms with Gasteiger partial charge in [0.15, 0.2) is 0 Å². The Morgan fingerprint density at radius 3 is 2.58 bits per heavy atom. The molecule has 2 nitrogen and oxygen atoms in total. The number of hydrogen-bond donors (Lipinski definition) is 1. The summed E-state index contributed by atoms with van der Waals surface area (Å²) in [5.74, 6) is -2.78. The van der Waals surface area contributed by atoms with Crippen LogP contribution in [0, 0.1) is 0 Å². The highest BCUT2D eigenvalue weighted by atomic mass is 19.3. The fourth-order valence-corrected chi connectivity index (χ4v) is 1.15. The summed E-state index contributed by atoms with van der Waals surface area (Å²) < 4.78 is 30.4. The normalized spacial score (nSPS) is 14.7. The molecule has 0 aliphatic carbocycles. The van der Waals surface area contributed by atoms with Crippen LogP contribution in [0.15, 0.2) is 23.0 Å². The second-order valence-electron chi connectivity index (χ2n) is 2.73. The van der Waals surface area contributed by atoms with Gasteiger partial charge in [-0.2, -0.15) is 0 Å². The SMILES string of the molecule is CNC(c1ccoc1)C(C)(F)F. The molecule has 0 aromatic carbocycles. The third kappa shape index (κ3) is 1.82. The molecule has 1 rings (SSSR count). The Morgan fingerprint density at radius 2 is 2.25 bits per heavy atom. The van der Waals surface area contributed by atoms with E-state index >= 15 is 0 Å². The number of hydrogen-bond acceptors (Lipinski definition) is 2. The van der Waals surface area contributed by atoms with Gasteiger partial charge in [0.25, 0.3) is 5.92 Å². The minimum absolute atomic E-state index is 0.463. The van der Waals surface area contributed by atoms with Crippen molar-refractivity contribution >= 4 is 0 Å². The largest absolute Gasteiger partial charge is 0.472 e. The number of nitrogens with one attached hydrogen (secondary N) is 1. The van der Waals surface area contributed by atoms with Gasteiger partial charge in [0, 0.05) is 12.5 Å². The first-order valence-electron chi connectivity index (χ1n) is 3.63. The Bertz CT molecular complexity index is 228. The zero-order chi connectivity index (χ0) is 9.19. The molecular weight excluding hydrogens is 164 g/mol. The minimum Gasteiger partial charge on any atom is -0.472 e. The Labute approximate surface area is 69.6 Å². The predicted molar refractivity (Wildman–Crippen MR) is 41.1 cm³/mol.